The lowest BCUT2D eigenvalue weighted by Gasteiger charge is -2.31. The summed E-state index contributed by atoms with van der Waals surface area (Å²) in [5.41, 5.74) is 1.40. The Morgan fingerprint density at radius 2 is 2.00 bits per heavy atom. The molecule has 0 aliphatic rings. The predicted octanol–water partition coefficient (Wildman–Crippen LogP) is 3.59. The number of nitrogens with one attached hydrogen (secondary N) is 1. The minimum Gasteiger partial charge on any atom is -0.354 e. The minimum absolute atomic E-state index is 0.126. The summed E-state index contributed by atoms with van der Waals surface area (Å²) in [6.45, 7) is 15.1. The fraction of sp³-hybridized carbons (Fsp3) is 0.688. The van der Waals surface area contributed by atoms with E-state index in [1.54, 1.807) is 0 Å². The summed E-state index contributed by atoms with van der Waals surface area (Å²) in [4.78, 5) is 6.99. The summed E-state index contributed by atoms with van der Waals surface area (Å²) >= 11 is 0. The Hall–Kier alpha value is -1.09. The van der Waals surface area contributed by atoms with Crippen LogP contribution in [0, 0.1) is 0 Å². The van der Waals surface area contributed by atoms with E-state index in [1.807, 2.05) is 12.3 Å². The van der Waals surface area contributed by atoms with E-state index in [0.717, 1.165) is 25.3 Å². The molecule has 1 atom stereocenters. The third-order valence-corrected chi connectivity index (χ3v) is 3.41. The topological polar surface area (TPSA) is 28.2 Å². The molecule has 108 valence electrons. The highest BCUT2D eigenvalue weighted by Crippen LogP contribution is 2.21. The van der Waals surface area contributed by atoms with Crippen molar-refractivity contribution in [3.8, 4) is 0 Å². The zero-order valence-corrected chi connectivity index (χ0v) is 13.3. The van der Waals surface area contributed by atoms with Crippen molar-refractivity contribution in [1.82, 2.24) is 10.3 Å². The van der Waals surface area contributed by atoms with Gasteiger partial charge in [0.05, 0.1) is 0 Å². The van der Waals surface area contributed by atoms with Crippen LogP contribution in [-0.4, -0.2) is 23.1 Å². The molecule has 1 aromatic rings. The lowest BCUT2D eigenvalue weighted by Crippen LogP contribution is -2.37. The van der Waals surface area contributed by atoms with E-state index in [0.29, 0.717) is 6.04 Å². The van der Waals surface area contributed by atoms with Crippen LogP contribution >= 0.6 is 0 Å². The highest BCUT2D eigenvalue weighted by Gasteiger charge is 2.17. The first-order chi connectivity index (χ1) is 8.89. The highest BCUT2D eigenvalue weighted by atomic mass is 15.2. The number of pyridine rings is 1. The van der Waals surface area contributed by atoms with Crippen molar-refractivity contribution in [2.45, 2.75) is 66.1 Å². The van der Waals surface area contributed by atoms with Gasteiger partial charge in [0, 0.05) is 36.4 Å². The normalized spacial score (nSPS) is 13.4. The molecule has 3 nitrogen and oxygen atoms in total. The van der Waals surface area contributed by atoms with Crippen molar-refractivity contribution < 1.29 is 0 Å². The van der Waals surface area contributed by atoms with Crippen LogP contribution < -0.4 is 10.2 Å². The molecular formula is C16H29N3. The molecule has 0 aliphatic carbocycles. The molecule has 0 fully saturated rings. The van der Waals surface area contributed by atoms with Crippen LogP contribution in [0.15, 0.2) is 18.3 Å². The highest BCUT2D eigenvalue weighted by molar-refractivity contribution is 5.47. The van der Waals surface area contributed by atoms with Gasteiger partial charge in [-0.3, -0.25) is 0 Å². The Labute approximate surface area is 118 Å². The van der Waals surface area contributed by atoms with E-state index in [-0.39, 0.29) is 5.54 Å². The van der Waals surface area contributed by atoms with Crippen LogP contribution in [0.2, 0.25) is 0 Å². The van der Waals surface area contributed by atoms with Crippen molar-refractivity contribution in [3.05, 3.63) is 23.9 Å². The lowest BCUT2D eigenvalue weighted by atomic mass is 10.1. The van der Waals surface area contributed by atoms with Crippen LogP contribution in [0.4, 0.5) is 5.82 Å². The summed E-state index contributed by atoms with van der Waals surface area (Å²) < 4.78 is 0. The Morgan fingerprint density at radius 3 is 2.53 bits per heavy atom. The molecule has 1 heterocycles. The van der Waals surface area contributed by atoms with Gasteiger partial charge in [0.2, 0.25) is 0 Å². The second-order valence-corrected chi connectivity index (χ2v) is 6.13. The van der Waals surface area contributed by atoms with E-state index in [9.17, 15) is 0 Å². The Balaban J connectivity index is 2.94. The van der Waals surface area contributed by atoms with E-state index < -0.39 is 0 Å². The Bertz CT molecular complexity index is 382. The largest absolute Gasteiger partial charge is 0.354 e. The number of rotatable bonds is 6. The molecular weight excluding hydrogens is 234 g/mol. The predicted molar refractivity (Wildman–Crippen MR) is 83.6 cm³/mol. The number of nitrogens with zero attached hydrogens (tertiary/aromatic N) is 2. The Kier molecular flexibility index (Phi) is 5.80. The van der Waals surface area contributed by atoms with Gasteiger partial charge in [-0.2, -0.15) is 0 Å². The van der Waals surface area contributed by atoms with Crippen LogP contribution in [-0.2, 0) is 6.54 Å². The van der Waals surface area contributed by atoms with Gasteiger partial charge in [0.15, 0.2) is 0 Å². The van der Waals surface area contributed by atoms with Gasteiger partial charge in [0.25, 0.3) is 0 Å². The van der Waals surface area contributed by atoms with Crippen LogP contribution in [0.5, 0.6) is 0 Å². The van der Waals surface area contributed by atoms with Crippen LogP contribution in [0.1, 0.15) is 53.5 Å². The first kappa shape index (κ1) is 16.0. The van der Waals surface area contributed by atoms with Crippen LogP contribution in [0.25, 0.3) is 0 Å². The van der Waals surface area contributed by atoms with Gasteiger partial charge in [-0.15, -0.1) is 0 Å². The molecule has 0 saturated carbocycles. The first-order valence-corrected chi connectivity index (χ1v) is 7.34. The molecule has 3 heteroatoms. The van der Waals surface area contributed by atoms with Crippen molar-refractivity contribution in [3.63, 3.8) is 0 Å². The third kappa shape index (κ3) is 4.83. The average Bonchev–Trinajstić information content (AvgIpc) is 2.37. The van der Waals surface area contributed by atoms with Gasteiger partial charge in [-0.1, -0.05) is 13.0 Å². The molecule has 0 amide bonds. The van der Waals surface area contributed by atoms with Crippen molar-refractivity contribution in [2.75, 3.05) is 11.4 Å². The molecule has 0 aromatic carbocycles. The SMILES string of the molecule is CCC(C)N(CC)c1ncccc1CNC(C)(C)C. The van der Waals surface area contributed by atoms with Gasteiger partial charge in [0.1, 0.15) is 5.82 Å². The molecule has 0 bridgehead atoms. The summed E-state index contributed by atoms with van der Waals surface area (Å²) in [6, 6.07) is 4.72. The first-order valence-electron chi connectivity index (χ1n) is 7.34. The smallest absolute Gasteiger partial charge is 0.133 e. The summed E-state index contributed by atoms with van der Waals surface area (Å²) in [7, 11) is 0. The van der Waals surface area contributed by atoms with Crippen molar-refractivity contribution >= 4 is 5.82 Å². The van der Waals surface area contributed by atoms with Crippen molar-refractivity contribution in [2.24, 2.45) is 0 Å². The molecule has 1 rings (SSSR count). The van der Waals surface area contributed by atoms with E-state index in [4.69, 9.17) is 0 Å². The van der Waals surface area contributed by atoms with E-state index in [1.165, 1.54) is 5.56 Å². The molecule has 1 N–H and O–H groups in total. The fourth-order valence-electron chi connectivity index (χ4n) is 2.08. The Morgan fingerprint density at radius 1 is 1.32 bits per heavy atom. The second kappa shape index (κ2) is 6.90. The molecule has 1 aromatic heterocycles. The van der Waals surface area contributed by atoms with E-state index in [2.05, 4.69) is 62.8 Å². The quantitative estimate of drug-likeness (QED) is 0.850. The molecule has 0 radical (unpaired) electrons. The van der Waals surface area contributed by atoms with Crippen molar-refractivity contribution in [1.29, 1.82) is 0 Å². The van der Waals surface area contributed by atoms with E-state index >= 15 is 0 Å². The molecule has 1 unspecified atom stereocenters. The maximum Gasteiger partial charge on any atom is 0.133 e. The number of anilines is 1. The monoisotopic (exact) mass is 263 g/mol. The minimum atomic E-state index is 0.126. The fourth-order valence-corrected chi connectivity index (χ4v) is 2.08. The third-order valence-electron chi connectivity index (χ3n) is 3.41. The number of aromatic nitrogens is 1. The summed E-state index contributed by atoms with van der Waals surface area (Å²) in [6.07, 6.45) is 3.03. The van der Waals surface area contributed by atoms with Gasteiger partial charge in [-0.05, 0) is 47.1 Å². The lowest BCUT2D eigenvalue weighted by molar-refractivity contribution is 0.423. The standard InChI is InChI=1S/C16H29N3/c1-7-13(3)19(8-2)15-14(10-9-11-17-15)12-18-16(4,5)6/h9-11,13,18H,7-8,12H2,1-6H3. The second-order valence-electron chi connectivity index (χ2n) is 6.13. The summed E-state index contributed by atoms with van der Waals surface area (Å²) in [5.74, 6) is 1.12. The zero-order valence-electron chi connectivity index (χ0n) is 13.3. The van der Waals surface area contributed by atoms with Gasteiger partial charge < -0.3 is 10.2 Å². The molecule has 19 heavy (non-hydrogen) atoms. The van der Waals surface area contributed by atoms with Gasteiger partial charge in [-0.25, -0.2) is 4.98 Å². The van der Waals surface area contributed by atoms with Gasteiger partial charge >= 0.3 is 0 Å². The summed E-state index contributed by atoms with van der Waals surface area (Å²) in [5, 5.41) is 3.55. The maximum atomic E-state index is 4.61. The maximum absolute atomic E-state index is 4.61. The molecule has 0 saturated heterocycles. The average molecular weight is 263 g/mol. The number of hydrogen-bond donors (Lipinski definition) is 1. The zero-order chi connectivity index (χ0) is 14.5. The molecule has 0 aliphatic heterocycles. The number of hydrogen-bond acceptors (Lipinski definition) is 3. The molecule has 0 spiro atoms. The van der Waals surface area contributed by atoms with Crippen LogP contribution in [0.3, 0.4) is 0 Å².